The highest BCUT2D eigenvalue weighted by Gasteiger charge is 2.05. The molecular formula is C22H24N4O4. The minimum atomic E-state index is -0.423. The Hall–Kier alpha value is -3.94. The van der Waals surface area contributed by atoms with E-state index in [0.29, 0.717) is 13.1 Å². The molecule has 0 aliphatic carbocycles. The predicted octanol–water partition coefficient (Wildman–Crippen LogP) is 5.75. The number of nitro benzene ring substituents is 2. The Morgan fingerprint density at radius 2 is 0.900 bits per heavy atom. The molecule has 156 valence electrons. The van der Waals surface area contributed by atoms with Gasteiger partial charge in [0.05, 0.1) is 9.85 Å². The minimum Gasteiger partial charge on any atom is -0.381 e. The van der Waals surface area contributed by atoms with E-state index in [1.807, 2.05) is 38.1 Å². The van der Waals surface area contributed by atoms with Gasteiger partial charge in [-0.3, -0.25) is 20.2 Å². The summed E-state index contributed by atoms with van der Waals surface area (Å²) in [5.41, 5.74) is 3.92. The van der Waals surface area contributed by atoms with Crippen LogP contribution < -0.4 is 10.6 Å². The second-order valence-electron chi connectivity index (χ2n) is 6.13. The molecule has 0 aliphatic rings. The standard InChI is InChI=1S/C20H18N4O4.C2H6/c25-23(26)19-9-5-17(6-10-19)21-13-15-1-2-16(4-3-15)14-22-18-7-11-20(12-8-18)24(27)28;1-2/h1-12,21-22H,13-14H2;1-2H3. The highest BCUT2D eigenvalue weighted by Crippen LogP contribution is 2.18. The molecule has 0 aliphatic heterocycles. The van der Waals surface area contributed by atoms with Gasteiger partial charge >= 0.3 is 0 Å². The monoisotopic (exact) mass is 408 g/mol. The minimum absolute atomic E-state index is 0.0652. The Balaban J connectivity index is 0.00000155. The zero-order valence-electron chi connectivity index (χ0n) is 16.9. The fourth-order valence-corrected chi connectivity index (χ4v) is 2.59. The van der Waals surface area contributed by atoms with Crippen molar-refractivity contribution in [2.75, 3.05) is 10.6 Å². The van der Waals surface area contributed by atoms with E-state index < -0.39 is 9.85 Å². The van der Waals surface area contributed by atoms with Crippen LogP contribution in [0.4, 0.5) is 22.7 Å². The number of rotatable bonds is 8. The summed E-state index contributed by atoms with van der Waals surface area (Å²) in [6.45, 7) is 5.21. The zero-order valence-corrected chi connectivity index (χ0v) is 16.9. The van der Waals surface area contributed by atoms with Gasteiger partial charge in [0, 0.05) is 48.7 Å². The molecule has 8 nitrogen and oxygen atoms in total. The maximum atomic E-state index is 10.7. The van der Waals surface area contributed by atoms with Crippen molar-refractivity contribution in [2.24, 2.45) is 0 Å². The van der Waals surface area contributed by atoms with Crippen LogP contribution in [0.5, 0.6) is 0 Å². The second-order valence-corrected chi connectivity index (χ2v) is 6.13. The first kappa shape index (κ1) is 22.4. The van der Waals surface area contributed by atoms with E-state index in [-0.39, 0.29) is 11.4 Å². The first-order valence-electron chi connectivity index (χ1n) is 9.56. The largest absolute Gasteiger partial charge is 0.381 e. The number of anilines is 2. The average molecular weight is 408 g/mol. The molecule has 0 aromatic heterocycles. The normalized spacial score (nSPS) is 9.80. The van der Waals surface area contributed by atoms with E-state index in [4.69, 9.17) is 0 Å². The summed E-state index contributed by atoms with van der Waals surface area (Å²) in [4.78, 5) is 20.5. The molecule has 0 radical (unpaired) electrons. The number of hydrogen-bond donors (Lipinski definition) is 2. The Kier molecular flexibility index (Phi) is 8.31. The summed E-state index contributed by atoms with van der Waals surface area (Å²) in [5, 5.41) is 27.8. The van der Waals surface area contributed by atoms with Gasteiger partial charge in [-0.05, 0) is 35.4 Å². The fourth-order valence-electron chi connectivity index (χ4n) is 2.59. The summed E-state index contributed by atoms with van der Waals surface area (Å²) in [6, 6.07) is 20.6. The van der Waals surface area contributed by atoms with E-state index in [1.165, 1.54) is 24.3 Å². The van der Waals surface area contributed by atoms with Gasteiger partial charge in [-0.15, -0.1) is 0 Å². The molecule has 3 rings (SSSR count). The molecule has 0 unspecified atom stereocenters. The highest BCUT2D eigenvalue weighted by atomic mass is 16.6. The predicted molar refractivity (Wildman–Crippen MR) is 119 cm³/mol. The topological polar surface area (TPSA) is 110 Å². The van der Waals surface area contributed by atoms with E-state index >= 15 is 0 Å². The molecule has 0 spiro atoms. The summed E-state index contributed by atoms with van der Waals surface area (Å²) in [7, 11) is 0. The number of hydrogen-bond acceptors (Lipinski definition) is 6. The van der Waals surface area contributed by atoms with Crippen molar-refractivity contribution in [3.63, 3.8) is 0 Å². The van der Waals surface area contributed by atoms with Gasteiger partial charge in [-0.25, -0.2) is 0 Å². The van der Waals surface area contributed by atoms with Crippen molar-refractivity contribution in [1.29, 1.82) is 0 Å². The number of benzene rings is 3. The van der Waals surface area contributed by atoms with E-state index in [0.717, 1.165) is 22.5 Å². The van der Waals surface area contributed by atoms with Crippen molar-refractivity contribution >= 4 is 22.7 Å². The number of nitrogens with one attached hydrogen (secondary N) is 2. The molecule has 30 heavy (non-hydrogen) atoms. The van der Waals surface area contributed by atoms with Crippen molar-refractivity contribution in [1.82, 2.24) is 0 Å². The van der Waals surface area contributed by atoms with Gasteiger partial charge in [-0.1, -0.05) is 38.1 Å². The van der Waals surface area contributed by atoms with Crippen LogP contribution in [0.1, 0.15) is 25.0 Å². The smallest absolute Gasteiger partial charge is 0.269 e. The molecule has 0 fully saturated rings. The molecule has 0 atom stereocenters. The van der Waals surface area contributed by atoms with E-state index in [2.05, 4.69) is 10.6 Å². The van der Waals surface area contributed by atoms with E-state index in [1.54, 1.807) is 24.3 Å². The van der Waals surface area contributed by atoms with Crippen molar-refractivity contribution in [2.45, 2.75) is 26.9 Å². The third-order valence-corrected chi connectivity index (χ3v) is 4.17. The molecule has 3 aromatic rings. The van der Waals surface area contributed by atoms with Crippen LogP contribution in [-0.4, -0.2) is 9.85 Å². The Morgan fingerprint density at radius 3 is 1.17 bits per heavy atom. The first-order chi connectivity index (χ1) is 14.5. The number of nitrogens with zero attached hydrogens (tertiary/aromatic N) is 2. The molecule has 0 saturated carbocycles. The second kappa shape index (κ2) is 11.2. The van der Waals surface area contributed by atoms with Gasteiger partial charge < -0.3 is 10.6 Å². The van der Waals surface area contributed by atoms with Crippen LogP contribution >= 0.6 is 0 Å². The lowest BCUT2D eigenvalue weighted by molar-refractivity contribution is -0.385. The molecule has 0 amide bonds. The van der Waals surface area contributed by atoms with Crippen LogP contribution in [0.3, 0.4) is 0 Å². The van der Waals surface area contributed by atoms with Crippen LogP contribution in [0, 0.1) is 20.2 Å². The van der Waals surface area contributed by atoms with E-state index in [9.17, 15) is 20.2 Å². The van der Waals surface area contributed by atoms with Gasteiger partial charge in [0.2, 0.25) is 0 Å². The fraction of sp³-hybridized carbons (Fsp3) is 0.182. The lowest BCUT2D eigenvalue weighted by atomic mass is 10.1. The number of nitro groups is 2. The summed E-state index contributed by atoms with van der Waals surface area (Å²) in [5.74, 6) is 0. The number of non-ortho nitro benzene ring substituents is 2. The average Bonchev–Trinajstić information content (AvgIpc) is 2.79. The molecule has 0 heterocycles. The van der Waals surface area contributed by atoms with Crippen LogP contribution in [0.2, 0.25) is 0 Å². The Bertz CT molecular complexity index is 875. The van der Waals surface area contributed by atoms with Gasteiger partial charge in [0.15, 0.2) is 0 Å². The maximum absolute atomic E-state index is 10.7. The molecular weight excluding hydrogens is 384 g/mol. The third-order valence-electron chi connectivity index (χ3n) is 4.17. The quantitative estimate of drug-likeness (QED) is 0.362. The van der Waals surface area contributed by atoms with Crippen LogP contribution in [0.25, 0.3) is 0 Å². The van der Waals surface area contributed by atoms with Gasteiger partial charge in [0.25, 0.3) is 11.4 Å². The summed E-state index contributed by atoms with van der Waals surface area (Å²) in [6.07, 6.45) is 0. The lowest BCUT2D eigenvalue weighted by Gasteiger charge is -2.09. The maximum Gasteiger partial charge on any atom is 0.269 e. The van der Waals surface area contributed by atoms with Crippen LogP contribution in [-0.2, 0) is 13.1 Å². The van der Waals surface area contributed by atoms with Crippen molar-refractivity contribution in [3.8, 4) is 0 Å². The SMILES string of the molecule is CC.O=[N+]([O-])c1ccc(NCc2ccc(CNc3ccc([N+](=O)[O-])cc3)cc2)cc1. The summed E-state index contributed by atoms with van der Waals surface area (Å²) >= 11 is 0. The van der Waals surface area contributed by atoms with Gasteiger partial charge in [-0.2, -0.15) is 0 Å². The van der Waals surface area contributed by atoms with Crippen molar-refractivity contribution in [3.05, 3.63) is 104 Å². The molecule has 2 N–H and O–H groups in total. The Morgan fingerprint density at radius 1 is 0.600 bits per heavy atom. The van der Waals surface area contributed by atoms with Crippen LogP contribution in [0.15, 0.2) is 72.8 Å². The molecule has 8 heteroatoms. The van der Waals surface area contributed by atoms with Crippen molar-refractivity contribution < 1.29 is 9.85 Å². The molecule has 0 bridgehead atoms. The lowest BCUT2D eigenvalue weighted by Crippen LogP contribution is -2.02. The first-order valence-corrected chi connectivity index (χ1v) is 9.56. The zero-order chi connectivity index (χ0) is 21.9. The summed E-state index contributed by atoms with van der Waals surface area (Å²) < 4.78 is 0. The molecule has 3 aromatic carbocycles. The van der Waals surface area contributed by atoms with Gasteiger partial charge in [0.1, 0.15) is 0 Å². The Labute approximate surface area is 174 Å². The third kappa shape index (κ3) is 6.59. The molecule has 0 saturated heterocycles. The highest BCUT2D eigenvalue weighted by molar-refractivity contribution is 5.50.